The van der Waals surface area contributed by atoms with Crippen molar-refractivity contribution in [3.63, 3.8) is 0 Å². The van der Waals surface area contributed by atoms with E-state index in [0.29, 0.717) is 22.8 Å². The first-order chi connectivity index (χ1) is 17.4. The molecule has 176 valence electrons. The number of carbonyl (C=O) groups is 2. The number of anilines is 1. The Labute approximate surface area is 202 Å². The van der Waals surface area contributed by atoms with Crippen molar-refractivity contribution in [2.24, 2.45) is 0 Å². The fraction of sp³-hybridized carbons (Fsp3) is 0. The largest absolute Gasteiger partial charge is 0.319 e. The lowest BCUT2D eigenvalue weighted by Crippen LogP contribution is -2.15. The molecule has 0 unspecified atom stereocenters. The second-order valence-corrected chi connectivity index (χ2v) is 7.78. The van der Waals surface area contributed by atoms with E-state index in [1.54, 1.807) is 30.7 Å². The van der Waals surface area contributed by atoms with Crippen LogP contribution in [0.15, 0.2) is 85.3 Å². The first-order valence-electron chi connectivity index (χ1n) is 10.7. The zero-order valence-corrected chi connectivity index (χ0v) is 18.4. The van der Waals surface area contributed by atoms with E-state index in [4.69, 9.17) is 0 Å². The number of halogens is 3. The maximum absolute atomic E-state index is 15.2. The van der Waals surface area contributed by atoms with Crippen molar-refractivity contribution in [3.8, 4) is 11.3 Å². The summed E-state index contributed by atoms with van der Waals surface area (Å²) in [6, 6.07) is 14.7. The van der Waals surface area contributed by atoms with Crippen LogP contribution in [0.4, 0.5) is 18.9 Å². The number of nitrogens with zero attached hydrogens (tertiary/aromatic N) is 3. The highest BCUT2D eigenvalue weighted by atomic mass is 19.2. The van der Waals surface area contributed by atoms with Crippen molar-refractivity contribution < 1.29 is 22.8 Å². The summed E-state index contributed by atoms with van der Waals surface area (Å²) in [4.78, 5) is 38.5. The van der Waals surface area contributed by atoms with E-state index in [1.165, 1.54) is 30.3 Å². The Morgan fingerprint density at radius 2 is 1.61 bits per heavy atom. The minimum atomic E-state index is -1.21. The Bertz CT molecular complexity index is 1640. The molecule has 0 saturated heterocycles. The van der Waals surface area contributed by atoms with Crippen LogP contribution in [0.2, 0.25) is 0 Å². The molecule has 5 aromatic rings. The highest BCUT2D eigenvalue weighted by Gasteiger charge is 2.19. The lowest BCUT2D eigenvalue weighted by molar-refractivity contribution is 0.101. The third-order valence-electron chi connectivity index (χ3n) is 5.44. The van der Waals surface area contributed by atoms with Gasteiger partial charge in [0, 0.05) is 29.1 Å². The summed E-state index contributed by atoms with van der Waals surface area (Å²) in [6.07, 6.45) is 4.87. The summed E-state index contributed by atoms with van der Waals surface area (Å²) in [5, 5.41) is 2.29. The van der Waals surface area contributed by atoms with Gasteiger partial charge in [0.1, 0.15) is 0 Å². The van der Waals surface area contributed by atoms with Crippen LogP contribution in [0.3, 0.4) is 0 Å². The molecule has 1 amide bonds. The van der Waals surface area contributed by atoms with E-state index >= 15 is 4.39 Å². The molecule has 0 bridgehead atoms. The van der Waals surface area contributed by atoms with Gasteiger partial charge in [0.2, 0.25) is 0 Å². The molecule has 0 atom stereocenters. The van der Waals surface area contributed by atoms with Crippen molar-refractivity contribution in [1.29, 1.82) is 0 Å². The Morgan fingerprint density at radius 3 is 2.39 bits per heavy atom. The summed E-state index contributed by atoms with van der Waals surface area (Å²) in [7, 11) is 0. The third-order valence-corrected chi connectivity index (χ3v) is 5.44. The minimum absolute atomic E-state index is 0.170. The Balaban J connectivity index is 1.45. The molecule has 0 aliphatic rings. The first kappa shape index (κ1) is 22.9. The highest BCUT2D eigenvalue weighted by molar-refractivity contribution is 6.11. The minimum Gasteiger partial charge on any atom is -0.319 e. The van der Waals surface area contributed by atoms with Gasteiger partial charge in [-0.3, -0.25) is 19.6 Å². The van der Waals surface area contributed by atoms with E-state index in [1.807, 2.05) is 6.07 Å². The van der Waals surface area contributed by atoms with E-state index in [-0.39, 0.29) is 22.4 Å². The predicted molar refractivity (Wildman–Crippen MR) is 127 cm³/mol. The van der Waals surface area contributed by atoms with Crippen LogP contribution in [0.25, 0.3) is 22.3 Å². The lowest BCUT2D eigenvalue weighted by atomic mass is 10.0. The summed E-state index contributed by atoms with van der Waals surface area (Å²) < 4.78 is 41.8. The van der Waals surface area contributed by atoms with Gasteiger partial charge >= 0.3 is 0 Å². The number of benzene rings is 3. The van der Waals surface area contributed by atoms with Crippen LogP contribution in [-0.4, -0.2) is 26.6 Å². The van der Waals surface area contributed by atoms with Crippen LogP contribution in [-0.2, 0) is 0 Å². The molecular formula is C27H15F3N4O2. The van der Waals surface area contributed by atoms with Gasteiger partial charge in [0.25, 0.3) is 5.91 Å². The normalized spacial score (nSPS) is 10.9. The number of aromatic nitrogens is 3. The monoisotopic (exact) mass is 484 g/mol. The standard InChI is InChI=1S/C27H15F3N4O2/c28-19-8-6-16(11-20(19)29)27(36)34-22-5-1-4-18(25(22)30)26(35)15-7-9-21-23(12-15)33-24(14-32-21)17-3-2-10-31-13-17/h1-14H,(H,34,36). The SMILES string of the molecule is O=C(Nc1cccc(C(=O)c2ccc3ncc(-c4cccnc4)nc3c2)c1F)c1ccc(F)c(F)c1. The van der Waals surface area contributed by atoms with Gasteiger partial charge in [-0.05, 0) is 60.7 Å². The molecule has 0 spiro atoms. The highest BCUT2D eigenvalue weighted by Crippen LogP contribution is 2.24. The molecule has 9 heteroatoms. The quantitative estimate of drug-likeness (QED) is 0.329. The maximum Gasteiger partial charge on any atom is 0.255 e. The zero-order valence-electron chi connectivity index (χ0n) is 18.4. The summed E-state index contributed by atoms with van der Waals surface area (Å²) in [5.74, 6) is -4.78. The average molecular weight is 484 g/mol. The Hall–Kier alpha value is -4.92. The number of amides is 1. The van der Waals surface area contributed by atoms with Crippen LogP contribution in [0, 0.1) is 17.5 Å². The van der Waals surface area contributed by atoms with E-state index in [2.05, 4.69) is 20.3 Å². The molecule has 3 aromatic carbocycles. The van der Waals surface area contributed by atoms with Crippen LogP contribution < -0.4 is 5.32 Å². The van der Waals surface area contributed by atoms with Gasteiger partial charge in [0.15, 0.2) is 23.2 Å². The Morgan fingerprint density at radius 1 is 0.778 bits per heavy atom. The number of hydrogen-bond donors (Lipinski definition) is 1. The number of fused-ring (bicyclic) bond motifs is 1. The van der Waals surface area contributed by atoms with Gasteiger partial charge in [0.05, 0.1) is 34.2 Å². The molecule has 0 aliphatic heterocycles. The molecule has 0 fully saturated rings. The summed E-state index contributed by atoms with van der Waals surface area (Å²) >= 11 is 0. The molecule has 36 heavy (non-hydrogen) atoms. The van der Waals surface area contributed by atoms with Gasteiger partial charge in [-0.2, -0.15) is 0 Å². The topological polar surface area (TPSA) is 84.8 Å². The smallest absolute Gasteiger partial charge is 0.255 e. The van der Waals surface area contributed by atoms with E-state index in [9.17, 15) is 18.4 Å². The fourth-order valence-electron chi connectivity index (χ4n) is 3.60. The van der Waals surface area contributed by atoms with E-state index in [0.717, 1.165) is 17.7 Å². The molecule has 5 rings (SSSR count). The number of nitrogens with one attached hydrogen (secondary N) is 1. The zero-order chi connectivity index (χ0) is 25.2. The summed E-state index contributed by atoms with van der Waals surface area (Å²) in [5.41, 5.74) is 1.69. The third kappa shape index (κ3) is 4.41. The molecular weight excluding hydrogens is 469 g/mol. The van der Waals surface area contributed by atoms with Crippen molar-refractivity contribution in [3.05, 3.63) is 119 Å². The summed E-state index contributed by atoms with van der Waals surface area (Å²) in [6.45, 7) is 0. The molecule has 2 aromatic heterocycles. The van der Waals surface area contributed by atoms with Crippen molar-refractivity contribution in [1.82, 2.24) is 15.0 Å². The van der Waals surface area contributed by atoms with E-state index < -0.39 is 29.1 Å². The molecule has 6 nitrogen and oxygen atoms in total. The van der Waals surface area contributed by atoms with Crippen molar-refractivity contribution in [2.45, 2.75) is 0 Å². The molecule has 0 aliphatic carbocycles. The number of ketones is 1. The van der Waals surface area contributed by atoms with Gasteiger partial charge < -0.3 is 5.32 Å². The maximum atomic E-state index is 15.2. The number of carbonyl (C=O) groups excluding carboxylic acids is 2. The van der Waals surface area contributed by atoms with Crippen LogP contribution >= 0.6 is 0 Å². The number of rotatable bonds is 5. The first-order valence-corrected chi connectivity index (χ1v) is 10.7. The van der Waals surface area contributed by atoms with Gasteiger partial charge in [-0.1, -0.05) is 6.07 Å². The average Bonchev–Trinajstić information content (AvgIpc) is 2.91. The van der Waals surface area contributed by atoms with Crippen LogP contribution in [0.1, 0.15) is 26.3 Å². The number of hydrogen-bond acceptors (Lipinski definition) is 5. The van der Waals surface area contributed by atoms with Gasteiger partial charge in [-0.15, -0.1) is 0 Å². The second kappa shape index (κ2) is 9.38. The molecule has 0 saturated carbocycles. The Kier molecular flexibility index (Phi) is 5.95. The lowest BCUT2D eigenvalue weighted by Gasteiger charge is -2.10. The van der Waals surface area contributed by atoms with Crippen molar-refractivity contribution >= 4 is 28.4 Å². The molecule has 2 heterocycles. The molecule has 1 N–H and O–H groups in total. The van der Waals surface area contributed by atoms with Crippen molar-refractivity contribution in [2.75, 3.05) is 5.32 Å². The second-order valence-electron chi connectivity index (χ2n) is 7.78. The molecule has 0 radical (unpaired) electrons. The van der Waals surface area contributed by atoms with Gasteiger partial charge in [-0.25, -0.2) is 18.2 Å². The predicted octanol–water partition coefficient (Wildman–Crippen LogP) is 5.59. The number of pyridine rings is 1. The fourth-order valence-corrected chi connectivity index (χ4v) is 3.60. The van der Waals surface area contributed by atoms with Crippen LogP contribution in [0.5, 0.6) is 0 Å².